The van der Waals surface area contributed by atoms with Gasteiger partial charge in [0.2, 0.25) is 0 Å². The van der Waals surface area contributed by atoms with Crippen molar-refractivity contribution >= 4 is 27.0 Å². The molecule has 0 N–H and O–H groups in total. The number of para-hydroxylation sites is 1. The molecule has 3 nitrogen and oxygen atoms in total. The Bertz CT molecular complexity index is 690. The Labute approximate surface area is 114 Å². The SMILES string of the molecule is CC(c1ccccc1Br)n1nnc2ccccc21. The summed E-state index contributed by atoms with van der Waals surface area (Å²) in [5.74, 6) is 0. The van der Waals surface area contributed by atoms with E-state index in [2.05, 4.69) is 39.2 Å². The first-order valence-electron chi connectivity index (χ1n) is 5.82. The number of halogens is 1. The number of rotatable bonds is 2. The number of fused-ring (bicyclic) bond motifs is 1. The Morgan fingerprint density at radius 3 is 2.61 bits per heavy atom. The number of hydrogen-bond donors (Lipinski definition) is 0. The Morgan fingerprint density at radius 1 is 1.06 bits per heavy atom. The van der Waals surface area contributed by atoms with Gasteiger partial charge in [-0.3, -0.25) is 0 Å². The lowest BCUT2D eigenvalue weighted by Gasteiger charge is -2.14. The molecule has 18 heavy (non-hydrogen) atoms. The van der Waals surface area contributed by atoms with Gasteiger partial charge in [-0.2, -0.15) is 0 Å². The summed E-state index contributed by atoms with van der Waals surface area (Å²) in [6.45, 7) is 2.13. The predicted octanol–water partition coefficient (Wildman–Crippen LogP) is 3.80. The molecule has 90 valence electrons. The van der Waals surface area contributed by atoms with Gasteiger partial charge in [-0.15, -0.1) is 5.10 Å². The number of hydrogen-bond acceptors (Lipinski definition) is 2. The van der Waals surface area contributed by atoms with Gasteiger partial charge in [0.05, 0.1) is 11.6 Å². The zero-order valence-corrected chi connectivity index (χ0v) is 11.5. The quantitative estimate of drug-likeness (QED) is 0.721. The highest BCUT2D eigenvalue weighted by Gasteiger charge is 2.14. The second-order valence-electron chi connectivity index (χ2n) is 4.22. The van der Waals surface area contributed by atoms with Crippen LogP contribution in [0.2, 0.25) is 0 Å². The van der Waals surface area contributed by atoms with E-state index in [9.17, 15) is 0 Å². The molecule has 3 rings (SSSR count). The molecule has 0 radical (unpaired) electrons. The predicted molar refractivity (Wildman–Crippen MR) is 75.5 cm³/mol. The van der Waals surface area contributed by atoms with Crippen molar-refractivity contribution in [2.45, 2.75) is 13.0 Å². The van der Waals surface area contributed by atoms with Crippen molar-refractivity contribution in [3.63, 3.8) is 0 Å². The van der Waals surface area contributed by atoms with Crippen LogP contribution < -0.4 is 0 Å². The minimum Gasteiger partial charge on any atom is -0.237 e. The van der Waals surface area contributed by atoms with Crippen molar-refractivity contribution in [2.75, 3.05) is 0 Å². The van der Waals surface area contributed by atoms with Crippen LogP contribution in [0.25, 0.3) is 11.0 Å². The summed E-state index contributed by atoms with van der Waals surface area (Å²) in [5.41, 5.74) is 3.19. The molecule has 0 spiro atoms. The molecule has 1 heterocycles. The van der Waals surface area contributed by atoms with Crippen molar-refractivity contribution in [3.8, 4) is 0 Å². The van der Waals surface area contributed by atoms with E-state index in [0.717, 1.165) is 15.5 Å². The fraction of sp³-hybridized carbons (Fsp3) is 0.143. The molecule has 0 fully saturated rings. The maximum atomic E-state index is 4.26. The third kappa shape index (κ3) is 1.82. The van der Waals surface area contributed by atoms with Crippen LogP contribution in [0.1, 0.15) is 18.5 Å². The molecule has 4 heteroatoms. The molecule has 2 aromatic carbocycles. The molecule has 1 unspecified atom stereocenters. The lowest BCUT2D eigenvalue weighted by molar-refractivity contribution is 0.558. The average Bonchev–Trinajstić information content (AvgIpc) is 2.82. The van der Waals surface area contributed by atoms with E-state index >= 15 is 0 Å². The molecule has 1 atom stereocenters. The first kappa shape index (κ1) is 11.4. The standard InChI is InChI=1S/C14H12BrN3/c1-10(11-6-2-3-7-12(11)15)18-14-9-5-4-8-13(14)16-17-18/h2-10H,1H3. The summed E-state index contributed by atoms with van der Waals surface area (Å²) in [6.07, 6.45) is 0. The lowest BCUT2D eigenvalue weighted by atomic mass is 10.1. The van der Waals surface area contributed by atoms with E-state index in [1.807, 2.05) is 47.1 Å². The highest BCUT2D eigenvalue weighted by molar-refractivity contribution is 9.10. The van der Waals surface area contributed by atoms with Gasteiger partial charge in [0.25, 0.3) is 0 Å². The largest absolute Gasteiger partial charge is 0.237 e. The molecule has 0 aliphatic carbocycles. The van der Waals surface area contributed by atoms with Gasteiger partial charge < -0.3 is 0 Å². The van der Waals surface area contributed by atoms with Crippen LogP contribution in [0.5, 0.6) is 0 Å². The third-order valence-corrected chi connectivity index (χ3v) is 3.82. The van der Waals surface area contributed by atoms with E-state index in [0.29, 0.717) is 0 Å². The second-order valence-corrected chi connectivity index (χ2v) is 5.07. The smallest absolute Gasteiger partial charge is 0.113 e. The zero-order valence-electron chi connectivity index (χ0n) is 9.92. The molecule has 3 aromatic rings. The topological polar surface area (TPSA) is 30.7 Å². The summed E-state index contributed by atoms with van der Waals surface area (Å²) in [5, 5.41) is 8.45. The van der Waals surface area contributed by atoms with Crippen LogP contribution in [-0.4, -0.2) is 15.0 Å². The fourth-order valence-corrected chi connectivity index (χ4v) is 2.73. The van der Waals surface area contributed by atoms with Gasteiger partial charge in [-0.05, 0) is 30.7 Å². The Kier molecular flexibility index (Phi) is 2.88. The molecule has 0 bridgehead atoms. The maximum absolute atomic E-state index is 4.26. The average molecular weight is 302 g/mol. The first-order valence-corrected chi connectivity index (χ1v) is 6.61. The minimum absolute atomic E-state index is 0.146. The third-order valence-electron chi connectivity index (χ3n) is 3.10. The molecule has 0 saturated heterocycles. The van der Waals surface area contributed by atoms with E-state index in [1.54, 1.807) is 0 Å². The highest BCUT2D eigenvalue weighted by atomic mass is 79.9. The highest BCUT2D eigenvalue weighted by Crippen LogP contribution is 2.27. The first-order chi connectivity index (χ1) is 8.77. The Hall–Kier alpha value is -1.68. The van der Waals surface area contributed by atoms with Crippen LogP contribution in [-0.2, 0) is 0 Å². The summed E-state index contributed by atoms with van der Waals surface area (Å²) in [6, 6.07) is 16.4. The van der Waals surface area contributed by atoms with Gasteiger partial charge in [0.1, 0.15) is 5.52 Å². The second kappa shape index (κ2) is 4.53. The Morgan fingerprint density at radius 2 is 1.78 bits per heavy atom. The van der Waals surface area contributed by atoms with Crippen molar-refractivity contribution in [3.05, 3.63) is 58.6 Å². The summed E-state index contributed by atoms with van der Waals surface area (Å²) < 4.78 is 3.05. The van der Waals surface area contributed by atoms with E-state index in [4.69, 9.17) is 0 Å². The normalized spacial score (nSPS) is 12.8. The summed E-state index contributed by atoms with van der Waals surface area (Å²) in [4.78, 5) is 0. The molecular formula is C14H12BrN3. The molecular weight excluding hydrogens is 290 g/mol. The van der Waals surface area contributed by atoms with Crippen LogP contribution >= 0.6 is 15.9 Å². The van der Waals surface area contributed by atoms with Crippen molar-refractivity contribution in [1.29, 1.82) is 0 Å². The van der Waals surface area contributed by atoms with Gasteiger partial charge in [0, 0.05) is 4.47 Å². The minimum atomic E-state index is 0.146. The molecule has 0 aliphatic heterocycles. The van der Waals surface area contributed by atoms with Crippen LogP contribution in [0.15, 0.2) is 53.0 Å². The number of aromatic nitrogens is 3. The van der Waals surface area contributed by atoms with Crippen molar-refractivity contribution < 1.29 is 0 Å². The number of nitrogens with zero attached hydrogens (tertiary/aromatic N) is 3. The molecule has 1 aromatic heterocycles. The van der Waals surface area contributed by atoms with E-state index < -0.39 is 0 Å². The summed E-state index contributed by atoms with van der Waals surface area (Å²) >= 11 is 3.58. The van der Waals surface area contributed by atoms with Gasteiger partial charge >= 0.3 is 0 Å². The van der Waals surface area contributed by atoms with Gasteiger partial charge in [-0.25, -0.2) is 4.68 Å². The van der Waals surface area contributed by atoms with Crippen LogP contribution in [0, 0.1) is 0 Å². The van der Waals surface area contributed by atoms with Gasteiger partial charge in [-0.1, -0.05) is 51.5 Å². The van der Waals surface area contributed by atoms with Crippen LogP contribution in [0.4, 0.5) is 0 Å². The maximum Gasteiger partial charge on any atom is 0.113 e. The molecule has 0 amide bonds. The number of benzene rings is 2. The fourth-order valence-electron chi connectivity index (χ4n) is 2.12. The molecule has 0 saturated carbocycles. The Balaban J connectivity index is 2.13. The van der Waals surface area contributed by atoms with E-state index in [1.165, 1.54) is 5.56 Å². The van der Waals surface area contributed by atoms with Crippen molar-refractivity contribution in [1.82, 2.24) is 15.0 Å². The zero-order chi connectivity index (χ0) is 12.5. The van der Waals surface area contributed by atoms with E-state index in [-0.39, 0.29) is 6.04 Å². The molecule has 0 aliphatic rings. The van der Waals surface area contributed by atoms with Gasteiger partial charge in [0.15, 0.2) is 0 Å². The van der Waals surface area contributed by atoms with Crippen molar-refractivity contribution in [2.24, 2.45) is 0 Å². The lowest BCUT2D eigenvalue weighted by Crippen LogP contribution is -2.09. The summed E-state index contributed by atoms with van der Waals surface area (Å²) in [7, 11) is 0. The monoisotopic (exact) mass is 301 g/mol. The van der Waals surface area contributed by atoms with Crippen LogP contribution in [0.3, 0.4) is 0 Å².